The first-order valence-electron chi connectivity index (χ1n) is 8.79. The van der Waals surface area contributed by atoms with E-state index in [-0.39, 0.29) is 17.2 Å². The second-order valence-corrected chi connectivity index (χ2v) is 13.3. The quantitative estimate of drug-likeness (QED) is 0.822. The van der Waals surface area contributed by atoms with Gasteiger partial charge in [-0.3, -0.25) is 14.3 Å². The maximum atomic E-state index is 12.2. The van der Waals surface area contributed by atoms with Crippen molar-refractivity contribution in [1.82, 2.24) is 9.55 Å². The normalized spacial score (nSPS) is 32.3. The number of nitrogens with zero attached hydrogens (tertiary/aromatic N) is 1. The molecule has 2 aliphatic heterocycles. The Kier molecular flexibility index (Phi) is 4.38. The van der Waals surface area contributed by atoms with E-state index in [0.717, 1.165) is 6.42 Å². The minimum Gasteiger partial charge on any atom is -0.408 e. The number of H-pyrrole nitrogens is 1. The molecule has 1 aromatic rings. The summed E-state index contributed by atoms with van der Waals surface area (Å²) in [5, 5.41) is 0.0638. The van der Waals surface area contributed by atoms with E-state index < -0.39 is 31.4 Å². The van der Waals surface area contributed by atoms with Crippen LogP contribution in [-0.2, 0) is 13.9 Å². The van der Waals surface area contributed by atoms with Crippen LogP contribution in [0.25, 0.3) is 0 Å². The topological polar surface area (TPSA) is 82.5 Å². The number of fused-ring (bicyclic) bond motifs is 2. The van der Waals surface area contributed by atoms with Crippen molar-refractivity contribution in [2.24, 2.45) is 0 Å². The lowest BCUT2D eigenvalue weighted by molar-refractivity contribution is -0.175. The van der Waals surface area contributed by atoms with Gasteiger partial charge in [-0.1, -0.05) is 27.7 Å². The van der Waals surface area contributed by atoms with Gasteiger partial charge in [0.25, 0.3) is 5.56 Å². The van der Waals surface area contributed by atoms with Gasteiger partial charge in [-0.15, -0.1) is 0 Å². The molecule has 1 unspecified atom stereocenters. The lowest BCUT2D eigenvalue weighted by atomic mass is 9.96. The van der Waals surface area contributed by atoms with Crippen LogP contribution in [0.15, 0.2) is 21.9 Å². The molecule has 2 fully saturated rings. The fourth-order valence-electron chi connectivity index (χ4n) is 3.24. The fourth-order valence-corrected chi connectivity index (χ4v) is 4.58. The highest BCUT2D eigenvalue weighted by atomic mass is 28.4. The Morgan fingerprint density at radius 3 is 2.64 bits per heavy atom. The van der Waals surface area contributed by atoms with E-state index in [1.165, 1.54) is 16.8 Å². The van der Waals surface area contributed by atoms with E-state index in [1.54, 1.807) is 0 Å². The van der Waals surface area contributed by atoms with Gasteiger partial charge in [-0.25, -0.2) is 4.79 Å². The second kappa shape index (κ2) is 5.90. The summed E-state index contributed by atoms with van der Waals surface area (Å²) in [5.74, 6) is 0. The molecule has 0 amide bonds. The van der Waals surface area contributed by atoms with Crippen molar-refractivity contribution >= 4 is 8.32 Å². The molecule has 0 aliphatic carbocycles. The molecule has 2 aliphatic rings. The molecule has 7 nitrogen and oxygen atoms in total. The summed E-state index contributed by atoms with van der Waals surface area (Å²) in [4.78, 5) is 25.8. The molecule has 25 heavy (non-hydrogen) atoms. The smallest absolute Gasteiger partial charge is 0.330 e. The summed E-state index contributed by atoms with van der Waals surface area (Å²) in [6.45, 7) is 13.5. The van der Waals surface area contributed by atoms with E-state index in [0.29, 0.717) is 6.61 Å². The summed E-state index contributed by atoms with van der Waals surface area (Å²) < 4.78 is 20.3. The van der Waals surface area contributed by atoms with Crippen LogP contribution in [0.2, 0.25) is 18.1 Å². The van der Waals surface area contributed by atoms with Gasteiger partial charge in [0, 0.05) is 12.3 Å². The van der Waals surface area contributed by atoms with E-state index in [4.69, 9.17) is 13.9 Å². The molecule has 1 aromatic heterocycles. The third kappa shape index (κ3) is 2.95. The summed E-state index contributed by atoms with van der Waals surface area (Å²) in [6.07, 6.45) is 1.02. The van der Waals surface area contributed by atoms with Gasteiger partial charge in [-0.05, 0) is 24.6 Å². The second-order valence-electron chi connectivity index (χ2n) is 8.52. The van der Waals surface area contributed by atoms with Crippen LogP contribution in [0.4, 0.5) is 0 Å². The van der Waals surface area contributed by atoms with E-state index >= 15 is 0 Å². The molecule has 3 heterocycles. The first kappa shape index (κ1) is 18.6. The number of aromatic nitrogens is 2. The van der Waals surface area contributed by atoms with Crippen molar-refractivity contribution in [3.63, 3.8) is 0 Å². The lowest BCUT2D eigenvalue weighted by Gasteiger charge is -2.40. The van der Waals surface area contributed by atoms with Crippen molar-refractivity contribution in [2.75, 3.05) is 6.61 Å². The van der Waals surface area contributed by atoms with Crippen molar-refractivity contribution in [1.29, 1.82) is 0 Å². The molecule has 0 saturated carbocycles. The minimum absolute atomic E-state index is 0.0638. The van der Waals surface area contributed by atoms with Crippen molar-refractivity contribution in [2.45, 2.75) is 76.3 Å². The van der Waals surface area contributed by atoms with Crippen LogP contribution in [0.5, 0.6) is 0 Å². The Morgan fingerprint density at radius 1 is 1.40 bits per heavy atom. The first-order valence-corrected chi connectivity index (χ1v) is 11.7. The average molecular weight is 369 g/mol. The van der Waals surface area contributed by atoms with Crippen LogP contribution in [-0.4, -0.2) is 42.3 Å². The molecule has 4 atom stereocenters. The third-order valence-electron chi connectivity index (χ3n) is 5.93. The first-order chi connectivity index (χ1) is 11.5. The number of aromatic amines is 1. The van der Waals surface area contributed by atoms with Gasteiger partial charge >= 0.3 is 5.69 Å². The zero-order chi connectivity index (χ0) is 18.6. The number of nitrogens with one attached hydrogen (secondary N) is 1. The van der Waals surface area contributed by atoms with Crippen LogP contribution in [0, 0.1) is 0 Å². The van der Waals surface area contributed by atoms with Gasteiger partial charge in [0.1, 0.15) is 17.8 Å². The molecule has 3 rings (SSSR count). The highest BCUT2D eigenvalue weighted by molar-refractivity contribution is 6.74. The molecule has 2 saturated heterocycles. The highest BCUT2D eigenvalue weighted by Crippen LogP contribution is 2.50. The number of ether oxygens (including phenoxy) is 2. The highest BCUT2D eigenvalue weighted by Gasteiger charge is 2.63. The Hall–Kier alpha value is -1.22. The van der Waals surface area contributed by atoms with Crippen molar-refractivity contribution in [3.8, 4) is 0 Å². The fraction of sp³-hybridized carbons (Fsp3) is 0.765. The maximum absolute atomic E-state index is 12.2. The molecule has 1 N–H and O–H groups in total. The van der Waals surface area contributed by atoms with Crippen molar-refractivity contribution in [3.05, 3.63) is 33.1 Å². The predicted molar refractivity (Wildman–Crippen MR) is 96.3 cm³/mol. The van der Waals surface area contributed by atoms with E-state index in [2.05, 4.69) is 38.8 Å². The van der Waals surface area contributed by atoms with E-state index in [9.17, 15) is 9.59 Å². The van der Waals surface area contributed by atoms with Crippen molar-refractivity contribution < 1.29 is 13.9 Å². The summed E-state index contributed by atoms with van der Waals surface area (Å²) in [5.41, 5.74) is -1.48. The summed E-state index contributed by atoms with van der Waals surface area (Å²) in [7, 11) is -2.04. The Labute approximate surface area is 148 Å². The molecular formula is C17H28N2O5Si. The molecule has 0 radical (unpaired) electrons. The molecular weight excluding hydrogens is 340 g/mol. The molecule has 8 heteroatoms. The average Bonchev–Trinajstić information content (AvgIpc) is 2.98. The number of hydrogen-bond acceptors (Lipinski definition) is 5. The van der Waals surface area contributed by atoms with Crippen LogP contribution < -0.4 is 11.2 Å². The SMILES string of the molecule is CC[C@]12CO[C@@H](C1O[Si](C)(C)C(C)(C)C)[C@H](n1ccc(=O)[nH]c1=O)O2. The van der Waals surface area contributed by atoms with Gasteiger partial charge in [0.05, 0.1) is 6.61 Å². The Balaban J connectivity index is 1.95. The zero-order valence-corrected chi connectivity index (χ0v) is 16.8. The van der Waals surface area contributed by atoms with Crippen LogP contribution >= 0.6 is 0 Å². The van der Waals surface area contributed by atoms with Crippen LogP contribution in [0.1, 0.15) is 40.3 Å². The number of rotatable bonds is 4. The predicted octanol–water partition coefficient (Wildman–Crippen LogP) is 2.00. The number of hydrogen-bond donors (Lipinski definition) is 1. The van der Waals surface area contributed by atoms with Gasteiger partial charge < -0.3 is 13.9 Å². The molecule has 0 aromatic carbocycles. The maximum Gasteiger partial charge on any atom is 0.330 e. The molecule has 2 bridgehead atoms. The minimum atomic E-state index is -2.04. The van der Waals surface area contributed by atoms with E-state index in [1.807, 2.05) is 6.92 Å². The Morgan fingerprint density at radius 2 is 2.08 bits per heavy atom. The van der Waals surface area contributed by atoms with Gasteiger partial charge in [0.15, 0.2) is 14.5 Å². The largest absolute Gasteiger partial charge is 0.408 e. The van der Waals surface area contributed by atoms with Crippen LogP contribution in [0.3, 0.4) is 0 Å². The summed E-state index contributed by atoms with van der Waals surface area (Å²) >= 11 is 0. The standard InChI is InChI=1S/C17H28N2O5Si/c1-7-17-10-22-12(13(17)24-25(5,6)16(2,3)4)14(23-17)19-9-8-11(20)18-15(19)21/h8-9,12-14H,7,10H2,1-6H3,(H,18,20,21)/t12-,13?,14+,17-/m0/s1. The third-order valence-corrected chi connectivity index (χ3v) is 10.4. The zero-order valence-electron chi connectivity index (χ0n) is 15.8. The van der Waals surface area contributed by atoms with Gasteiger partial charge in [0.2, 0.25) is 0 Å². The van der Waals surface area contributed by atoms with Gasteiger partial charge in [-0.2, -0.15) is 0 Å². The monoisotopic (exact) mass is 368 g/mol. The molecule has 140 valence electrons. The Bertz CT molecular complexity index is 765. The molecule has 0 spiro atoms. The lowest BCUT2D eigenvalue weighted by Crippen LogP contribution is -2.51. The summed E-state index contributed by atoms with van der Waals surface area (Å²) in [6, 6.07) is 1.32.